The highest BCUT2D eigenvalue weighted by atomic mass is 16.2. The van der Waals surface area contributed by atoms with Gasteiger partial charge in [-0.3, -0.25) is 9.59 Å². The summed E-state index contributed by atoms with van der Waals surface area (Å²) >= 11 is 0. The van der Waals surface area contributed by atoms with Gasteiger partial charge in [-0.2, -0.15) is 0 Å². The number of aromatic nitrogens is 2. The minimum absolute atomic E-state index is 0.543. The van der Waals surface area contributed by atoms with Gasteiger partial charge in [0.1, 0.15) is 5.82 Å². The third kappa shape index (κ3) is 4.54. The van der Waals surface area contributed by atoms with Crippen LogP contribution < -0.4 is 15.5 Å². The molecule has 2 amide bonds. The molecule has 1 fully saturated rings. The molecule has 0 saturated carbocycles. The summed E-state index contributed by atoms with van der Waals surface area (Å²) in [5, 5.41) is 1.24. The smallest absolute Gasteiger partial charge is 0.316 e. The Bertz CT molecular complexity index is 1070. The molecule has 8 heteroatoms. The Labute approximate surface area is 181 Å². The van der Waals surface area contributed by atoms with Gasteiger partial charge >= 0.3 is 11.8 Å². The molecule has 2 aliphatic heterocycles. The van der Waals surface area contributed by atoms with Gasteiger partial charge in [-0.05, 0) is 36.7 Å². The monoisotopic (exact) mass is 420 g/mol. The van der Waals surface area contributed by atoms with E-state index in [0.717, 1.165) is 61.7 Å². The number of benzene rings is 1. The van der Waals surface area contributed by atoms with E-state index >= 15 is 0 Å². The highest BCUT2D eigenvalue weighted by molar-refractivity contribution is 6.40. The lowest BCUT2D eigenvalue weighted by Gasteiger charge is -2.34. The number of anilines is 2. The van der Waals surface area contributed by atoms with E-state index in [-0.39, 0.29) is 0 Å². The van der Waals surface area contributed by atoms with Crippen LogP contribution in [0.2, 0.25) is 0 Å². The van der Waals surface area contributed by atoms with E-state index in [1.54, 1.807) is 0 Å². The topological polar surface area (TPSA) is 98.6 Å². The molecule has 2 aliphatic rings. The number of aromatic amines is 1. The fraction of sp³-hybridized carbons (Fsp3) is 0.348. The Balaban J connectivity index is 0.000000152. The fourth-order valence-corrected chi connectivity index (χ4v) is 4.09. The molecule has 0 radical (unpaired) electrons. The molecule has 0 bridgehead atoms. The molecule has 0 spiro atoms. The molecule has 3 N–H and O–H groups in total. The van der Waals surface area contributed by atoms with E-state index in [9.17, 15) is 9.59 Å². The van der Waals surface area contributed by atoms with Crippen molar-refractivity contribution < 1.29 is 9.59 Å². The van der Waals surface area contributed by atoms with Crippen molar-refractivity contribution in [3.8, 4) is 0 Å². The first-order chi connectivity index (χ1) is 15.1. The number of nitrogens with one attached hydrogen (secondary N) is 1. The summed E-state index contributed by atoms with van der Waals surface area (Å²) in [6.07, 6.45) is 4.68. The fourth-order valence-electron chi connectivity index (χ4n) is 4.09. The number of hydrogen-bond acceptors (Lipinski definition) is 5. The third-order valence-electron chi connectivity index (χ3n) is 5.91. The quantitative estimate of drug-likeness (QED) is 0.616. The number of hydrogen-bond donors (Lipinski definition) is 2. The van der Waals surface area contributed by atoms with Crippen molar-refractivity contribution in [2.45, 2.75) is 13.3 Å². The van der Waals surface area contributed by atoms with Crippen molar-refractivity contribution >= 4 is 34.2 Å². The minimum atomic E-state index is -0.901. The molecule has 0 aliphatic carbocycles. The molecule has 8 nitrogen and oxygen atoms in total. The summed E-state index contributed by atoms with van der Waals surface area (Å²) in [5.41, 5.74) is 7.94. The van der Waals surface area contributed by atoms with Crippen LogP contribution in [0.3, 0.4) is 0 Å². The van der Waals surface area contributed by atoms with E-state index in [1.807, 2.05) is 36.7 Å². The number of carbonyl (C=O) groups is 2. The van der Waals surface area contributed by atoms with Crippen LogP contribution in [-0.4, -0.2) is 66.0 Å². The normalized spacial score (nSPS) is 16.0. The zero-order chi connectivity index (χ0) is 21.8. The van der Waals surface area contributed by atoms with Gasteiger partial charge < -0.3 is 25.4 Å². The first-order valence-electron chi connectivity index (χ1n) is 10.7. The van der Waals surface area contributed by atoms with Crippen molar-refractivity contribution in [2.75, 3.05) is 49.1 Å². The second-order valence-corrected chi connectivity index (χ2v) is 7.73. The molecule has 1 aromatic carbocycles. The largest absolute Gasteiger partial charge is 0.361 e. The zero-order valence-electron chi connectivity index (χ0n) is 17.8. The summed E-state index contributed by atoms with van der Waals surface area (Å²) in [6.45, 7) is 8.36. The highest BCUT2D eigenvalue weighted by Crippen LogP contribution is 2.27. The van der Waals surface area contributed by atoms with Crippen LogP contribution >= 0.6 is 0 Å². The number of fused-ring (bicyclic) bond motifs is 2. The summed E-state index contributed by atoms with van der Waals surface area (Å²) in [5.74, 6) is -0.426. The maximum atomic E-state index is 11.4. The number of piperazine rings is 1. The zero-order valence-corrected chi connectivity index (χ0v) is 17.8. The predicted octanol–water partition coefficient (Wildman–Crippen LogP) is 1.77. The molecule has 31 heavy (non-hydrogen) atoms. The number of pyridine rings is 1. The number of H-pyrrole nitrogens is 1. The number of para-hydroxylation sites is 1. The number of primary amides is 1. The predicted molar refractivity (Wildman–Crippen MR) is 122 cm³/mol. The van der Waals surface area contributed by atoms with Crippen molar-refractivity contribution in [1.82, 2.24) is 14.9 Å². The number of nitrogens with two attached hydrogens (primary N) is 1. The second-order valence-electron chi connectivity index (χ2n) is 7.73. The molecule has 4 heterocycles. The molecular weight excluding hydrogens is 392 g/mol. The molecule has 0 atom stereocenters. The van der Waals surface area contributed by atoms with Gasteiger partial charge in [0, 0.05) is 50.0 Å². The lowest BCUT2D eigenvalue weighted by molar-refractivity contribution is -0.135. The van der Waals surface area contributed by atoms with Crippen molar-refractivity contribution in [1.29, 1.82) is 0 Å². The van der Waals surface area contributed by atoms with E-state index < -0.39 is 11.8 Å². The van der Waals surface area contributed by atoms with Crippen molar-refractivity contribution in [3.05, 3.63) is 54.4 Å². The first-order valence-corrected chi connectivity index (χ1v) is 10.7. The van der Waals surface area contributed by atoms with E-state index in [4.69, 9.17) is 5.73 Å². The van der Waals surface area contributed by atoms with Gasteiger partial charge in [0.15, 0.2) is 0 Å². The molecular formula is C23H28N6O2. The lowest BCUT2D eigenvalue weighted by atomic mass is 10.2. The van der Waals surface area contributed by atoms with E-state index in [0.29, 0.717) is 6.54 Å². The third-order valence-corrected chi connectivity index (χ3v) is 5.91. The number of nitrogens with zero attached hydrogens (tertiary/aromatic N) is 4. The highest BCUT2D eigenvalue weighted by Gasteiger charge is 2.27. The minimum Gasteiger partial charge on any atom is -0.361 e. The first kappa shape index (κ1) is 20.9. The second kappa shape index (κ2) is 9.18. The van der Waals surface area contributed by atoms with E-state index in [2.05, 4.69) is 38.8 Å². The van der Waals surface area contributed by atoms with Gasteiger partial charge in [0.05, 0.1) is 11.7 Å². The SMILES string of the molecule is CCN1CCN(c2cc3cc[nH]c3cn2)CC1.NC(=O)C(=O)N1CCc2ccccc21. The van der Waals surface area contributed by atoms with Gasteiger partial charge in [0.25, 0.3) is 0 Å². The van der Waals surface area contributed by atoms with Crippen LogP contribution in [0.1, 0.15) is 12.5 Å². The van der Waals surface area contributed by atoms with Crippen LogP contribution in [0.5, 0.6) is 0 Å². The van der Waals surface area contributed by atoms with Gasteiger partial charge in [-0.1, -0.05) is 25.1 Å². The van der Waals surface area contributed by atoms with Crippen molar-refractivity contribution in [2.24, 2.45) is 5.73 Å². The summed E-state index contributed by atoms with van der Waals surface area (Å²) < 4.78 is 0. The van der Waals surface area contributed by atoms with Crippen LogP contribution in [0.25, 0.3) is 10.9 Å². The van der Waals surface area contributed by atoms with Crippen LogP contribution in [0.4, 0.5) is 11.5 Å². The number of carbonyl (C=O) groups excluding carboxylic acids is 2. The van der Waals surface area contributed by atoms with Crippen LogP contribution in [0, 0.1) is 0 Å². The van der Waals surface area contributed by atoms with E-state index in [1.165, 1.54) is 10.3 Å². The van der Waals surface area contributed by atoms with Gasteiger partial charge in [-0.15, -0.1) is 0 Å². The number of amides is 2. The van der Waals surface area contributed by atoms with Gasteiger partial charge in [0.2, 0.25) is 0 Å². The Morgan fingerprint density at radius 1 is 1.10 bits per heavy atom. The van der Waals surface area contributed by atoms with Gasteiger partial charge in [-0.25, -0.2) is 4.98 Å². The van der Waals surface area contributed by atoms with Crippen LogP contribution in [-0.2, 0) is 16.0 Å². The molecule has 162 valence electrons. The molecule has 2 aromatic heterocycles. The molecule has 5 rings (SSSR count). The lowest BCUT2D eigenvalue weighted by Crippen LogP contribution is -2.46. The average molecular weight is 421 g/mol. The van der Waals surface area contributed by atoms with Crippen molar-refractivity contribution in [3.63, 3.8) is 0 Å². The maximum Gasteiger partial charge on any atom is 0.316 e. The molecule has 1 saturated heterocycles. The average Bonchev–Trinajstić information content (AvgIpc) is 3.45. The van der Waals surface area contributed by atoms with Crippen LogP contribution in [0.15, 0.2) is 48.8 Å². The summed E-state index contributed by atoms with van der Waals surface area (Å²) in [6, 6.07) is 11.8. The number of rotatable bonds is 2. The molecule has 0 unspecified atom stereocenters. The Kier molecular flexibility index (Phi) is 6.18. The molecule has 3 aromatic rings. The maximum absolute atomic E-state index is 11.4. The number of likely N-dealkylation sites (N-methyl/N-ethyl adjacent to an activating group) is 1. The summed E-state index contributed by atoms with van der Waals surface area (Å²) in [7, 11) is 0. The standard InChI is InChI=1S/C13H18N4.C10H10N2O2/c1-2-16-5-7-17(8-6-16)13-9-11-3-4-14-12(11)10-15-13;11-9(13)10(14)12-6-5-7-3-1-2-4-8(7)12/h3-4,9-10,14H,2,5-8H2,1H3;1-4H,5-6H2,(H2,11,13). The summed E-state index contributed by atoms with van der Waals surface area (Å²) in [4.78, 5) is 36.1. The Morgan fingerprint density at radius 2 is 1.87 bits per heavy atom. The Morgan fingerprint density at radius 3 is 2.61 bits per heavy atom. The Hall–Kier alpha value is -3.39.